The predicted molar refractivity (Wildman–Crippen MR) is 149 cm³/mol. The molecule has 50 heavy (non-hydrogen) atoms. The van der Waals surface area contributed by atoms with Crippen molar-refractivity contribution in [2.24, 2.45) is 0 Å². The maximum absolute atomic E-state index is 15.8. The summed E-state index contributed by atoms with van der Waals surface area (Å²) < 4.78 is 152. The molecule has 0 spiro atoms. The number of nitrogens with zero attached hydrogens (tertiary/aromatic N) is 6. The van der Waals surface area contributed by atoms with E-state index in [0.29, 0.717) is 0 Å². The number of nitriles is 6. The van der Waals surface area contributed by atoms with Gasteiger partial charge in [0.05, 0.1) is 44.5 Å². The zero-order valence-corrected chi connectivity index (χ0v) is 24.9. The molecule has 1 aliphatic rings. The first-order chi connectivity index (χ1) is 23.7. The third-order valence-electron chi connectivity index (χ3n) is 7.66. The predicted octanol–water partition coefficient (Wildman–Crippen LogP) is 8.06. The first-order valence-corrected chi connectivity index (χ1v) is 13.6. The van der Waals surface area contributed by atoms with Gasteiger partial charge in [0.15, 0.2) is 46.5 Å². The Hall–Kier alpha value is -6.88. The minimum Gasteiger partial charge on any atom is -0.206 e. The SMILES string of the molecule is CCc1c(F)c(/C(C#N)=C2/C(=C(C#N)c3c(F)c(F)c(C#N)c(F)c3F)/C2=C(/C#N)c2c(F)c(F)c(C#N)c(CC)c2F)c(F)c(F)c1C#N. The van der Waals surface area contributed by atoms with Crippen molar-refractivity contribution in [3.8, 4) is 36.4 Å². The topological polar surface area (TPSA) is 143 Å². The molecule has 16 heteroatoms. The average Bonchev–Trinajstić information content (AvgIpc) is 3.82. The second-order valence-electron chi connectivity index (χ2n) is 9.97. The molecule has 0 N–H and O–H groups in total. The second-order valence-corrected chi connectivity index (χ2v) is 9.97. The molecule has 1 fully saturated rings. The van der Waals surface area contributed by atoms with Crippen molar-refractivity contribution in [1.82, 2.24) is 0 Å². The van der Waals surface area contributed by atoms with Gasteiger partial charge < -0.3 is 0 Å². The van der Waals surface area contributed by atoms with Crippen LogP contribution in [0.1, 0.15) is 58.4 Å². The molecule has 3 aromatic rings. The van der Waals surface area contributed by atoms with Crippen LogP contribution in [0.3, 0.4) is 0 Å². The highest BCUT2D eigenvalue weighted by Gasteiger charge is 2.46. The zero-order valence-electron chi connectivity index (χ0n) is 24.9. The first-order valence-electron chi connectivity index (χ1n) is 13.6. The van der Waals surface area contributed by atoms with Gasteiger partial charge in [-0.2, -0.15) is 31.6 Å². The summed E-state index contributed by atoms with van der Waals surface area (Å²) in [4.78, 5) is 0. The summed E-state index contributed by atoms with van der Waals surface area (Å²) in [5, 5.41) is 57.6. The zero-order chi connectivity index (χ0) is 37.5. The van der Waals surface area contributed by atoms with Crippen molar-refractivity contribution in [2.75, 3.05) is 0 Å². The van der Waals surface area contributed by atoms with Crippen LogP contribution in [0.5, 0.6) is 0 Å². The van der Waals surface area contributed by atoms with Gasteiger partial charge in [-0.1, -0.05) is 13.8 Å². The van der Waals surface area contributed by atoms with Crippen molar-refractivity contribution in [3.63, 3.8) is 0 Å². The normalized spacial score (nSPS) is 14.8. The van der Waals surface area contributed by atoms with Crippen LogP contribution >= 0.6 is 0 Å². The third kappa shape index (κ3) is 4.99. The number of hydrogen-bond acceptors (Lipinski definition) is 6. The Bertz CT molecular complexity index is 2320. The summed E-state index contributed by atoms with van der Waals surface area (Å²) in [7, 11) is 0. The molecular formula is C34H10F10N6. The smallest absolute Gasteiger partial charge is 0.180 e. The van der Waals surface area contributed by atoms with E-state index in [0.717, 1.165) is 12.1 Å². The summed E-state index contributed by atoms with van der Waals surface area (Å²) >= 11 is 0. The molecule has 1 aliphatic carbocycles. The van der Waals surface area contributed by atoms with E-state index < -0.39 is 149 Å². The monoisotopic (exact) mass is 692 g/mol. The molecule has 4 rings (SSSR count). The molecule has 0 atom stereocenters. The summed E-state index contributed by atoms with van der Waals surface area (Å²) in [6.45, 7) is 2.37. The maximum atomic E-state index is 15.8. The van der Waals surface area contributed by atoms with Crippen LogP contribution in [0, 0.1) is 126 Å². The Kier molecular flexibility index (Phi) is 9.58. The van der Waals surface area contributed by atoms with Crippen LogP contribution in [-0.2, 0) is 12.8 Å². The molecule has 0 amide bonds. The minimum atomic E-state index is -2.41. The van der Waals surface area contributed by atoms with Crippen molar-refractivity contribution in [1.29, 1.82) is 31.6 Å². The van der Waals surface area contributed by atoms with E-state index in [1.807, 2.05) is 0 Å². The first kappa shape index (κ1) is 36.0. The highest BCUT2D eigenvalue weighted by Crippen LogP contribution is 2.57. The van der Waals surface area contributed by atoms with Crippen molar-refractivity contribution in [3.05, 3.63) is 119 Å². The fourth-order valence-corrected chi connectivity index (χ4v) is 5.35. The minimum absolute atomic E-state index is 0.508. The van der Waals surface area contributed by atoms with E-state index in [2.05, 4.69) is 0 Å². The van der Waals surface area contributed by atoms with Gasteiger partial charge in [0.2, 0.25) is 0 Å². The molecule has 0 heterocycles. The van der Waals surface area contributed by atoms with Gasteiger partial charge >= 0.3 is 0 Å². The third-order valence-corrected chi connectivity index (χ3v) is 7.66. The molecule has 1 saturated carbocycles. The lowest BCUT2D eigenvalue weighted by molar-refractivity contribution is 0.447. The van der Waals surface area contributed by atoms with Gasteiger partial charge in [0, 0.05) is 27.8 Å². The van der Waals surface area contributed by atoms with Gasteiger partial charge in [0.25, 0.3) is 0 Å². The van der Waals surface area contributed by atoms with Crippen LogP contribution < -0.4 is 0 Å². The number of rotatable bonds is 5. The Morgan fingerprint density at radius 2 is 0.620 bits per heavy atom. The van der Waals surface area contributed by atoms with Crippen LogP contribution in [-0.4, -0.2) is 0 Å². The lowest BCUT2D eigenvalue weighted by Gasteiger charge is -2.11. The number of benzene rings is 3. The fraction of sp³-hybridized carbons (Fsp3) is 0.118. The standard InChI is InChI=1S/C34H10F10N6/c1-3-11-13(5-45)27(37)31(41)22(25(11)35)15(7-47)19-20(16(8-48)23-26(36)12(4-2)14(6-46)28(38)32(23)42)21(19)17(9-49)24-33(43)29(39)18(10-50)30(40)34(24)44/h3-4H2,1-2H3/b19-15-,20-16+,21-17?. The van der Waals surface area contributed by atoms with Gasteiger partial charge in [-0.3, -0.25) is 0 Å². The average molecular weight is 692 g/mol. The largest absolute Gasteiger partial charge is 0.206 e. The molecular weight excluding hydrogens is 682 g/mol. The van der Waals surface area contributed by atoms with E-state index in [1.165, 1.54) is 38.1 Å². The van der Waals surface area contributed by atoms with Crippen molar-refractivity contribution in [2.45, 2.75) is 26.7 Å². The molecule has 246 valence electrons. The molecule has 0 saturated heterocycles. The summed E-state index contributed by atoms with van der Waals surface area (Å²) in [5.41, 5.74) is -18.7. The van der Waals surface area contributed by atoms with Crippen LogP contribution in [0.25, 0.3) is 16.7 Å². The van der Waals surface area contributed by atoms with Crippen LogP contribution in [0.4, 0.5) is 43.9 Å². The molecule has 0 aliphatic heterocycles. The fourth-order valence-electron chi connectivity index (χ4n) is 5.35. The number of allylic oxidation sites excluding steroid dienone is 6. The maximum Gasteiger partial charge on any atom is 0.180 e. The number of hydrogen-bond donors (Lipinski definition) is 0. The van der Waals surface area contributed by atoms with Gasteiger partial charge in [0.1, 0.15) is 53.6 Å². The van der Waals surface area contributed by atoms with E-state index in [4.69, 9.17) is 5.26 Å². The molecule has 3 aromatic carbocycles. The quantitative estimate of drug-likeness (QED) is 0.150. The summed E-state index contributed by atoms with van der Waals surface area (Å²) in [6, 6.07) is 6.90. The van der Waals surface area contributed by atoms with Crippen LogP contribution in [0.15, 0.2) is 16.7 Å². The molecule has 0 radical (unpaired) electrons. The highest BCUT2D eigenvalue weighted by molar-refractivity contribution is 6.12. The van der Waals surface area contributed by atoms with E-state index in [9.17, 15) is 35.1 Å². The molecule has 6 nitrogen and oxygen atoms in total. The van der Waals surface area contributed by atoms with Crippen LogP contribution in [0.2, 0.25) is 0 Å². The Labute approximate surface area is 274 Å². The Morgan fingerprint density at radius 1 is 0.380 bits per heavy atom. The summed E-state index contributed by atoms with van der Waals surface area (Å²) in [6.07, 6.45) is -1.02. The van der Waals surface area contributed by atoms with Gasteiger partial charge in [-0.15, -0.1) is 0 Å². The van der Waals surface area contributed by atoms with E-state index in [-0.39, 0.29) is 0 Å². The molecule has 0 bridgehead atoms. The summed E-state index contributed by atoms with van der Waals surface area (Å²) in [5.74, 6) is -21.5. The van der Waals surface area contributed by atoms with E-state index >= 15 is 35.1 Å². The molecule has 0 aromatic heterocycles. The molecule has 0 unspecified atom stereocenters. The van der Waals surface area contributed by atoms with Gasteiger partial charge in [-0.05, 0) is 12.8 Å². The van der Waals surface area contributed by atoms with Gasteiger partial charge in [-0.25, -0.2) is 43.9 Å². The second kappa shape index (κ2) is 13.3. The Morgan fingerprint density at radius 3 is 0.840 bits per heavy atom. The lowest BCUT2D eigenvalue weighted by atomic mass is 9.94. The van der Waals surface area contributed by atoms with E-state index in [1.54, 1.807) is 0 Å². The van der Waals surface area contributed by atoms with Crippen molar-refractivity contribution < 1.29 is 43.9 Å². The number of halogens is 10. The van der Waals surface area contributed by atoms with Crippen molar-refractivity contribution >= 4 is 16.7 Å². The highest BCUT2D eigenvalue weighted by atomic mass is 19.2. The lowest BCUT2D eigenvalue weighted by Crippen LogP contribution is -2.08. The Balaban J connectivity index is 2.40.